The highest BCUT2D eigenvalue weighted by Crippen LogP contribution is 2.24. The van der Waals surface area contributed by atoms with Gasteiger partial charge in [0.2, 0.25) is 5.91 Å². The summed E-state index contributed by atoms with van der Waals surface area (Å²) in [5, 5.41) is 11.6. The van der Waals surface area contributed by atoms with Crippen LogP contribution in [0, 0.1) is 5.92 Å². The van der Waals surface area contributed by atoms with Crippen molar-refractivity contribution in [3.8, 4) is 0 Å². The van der Waals surface area contributed by atoms with Gasteiger partial charge in [0.25, 0.3) is 0 Å². The van der Waals surface area contributed by atoms with Crippen molar-refractivity contribution in [1.82, 2.24) is 4.98 Å². The molecule has 1 fully saturated rings. The summed E-state index contributed by atoms with van der Waals surface area (Å²) in [5.74, 6) is -0.571. The van der Waals surface area contributed by atoms with Gasteiger partial charge < -0.3 is 20.1 Å². The van der Waals surface area contributed by atoms with Crippen molar-refractivity contribution >= 4 is 23.4 Å². The SMILES string of the molecule is CC(CC(=O)O)CC(=O)Nc1cccnc1N1CCOCC1. The molecule has 120 valence electrons. The molecule has 7 heteroatoms. The number of carbonyl (C=O) groups is 2. The molecule has 22 heavy (non-hydrogen) atoms. The molecule has 1 saturated heterocycles. The van der Waals surface area contributed by atoms with E-state index in [1.165, 1.54) is 0 Å². The number of aromatic nitrogens is 1. The second-order valence-corrected chi connectivity index (χ2v) is 5.43. The molecule has 0 aliphatic carbocycles. The summed E-state index contributed by atoms with van der Waals surface area (Å²) in [6, 6.07) is 3.57. The molecule has 1 aromatic heterocycles. The average molecular weight is 307 g/mol. The average Bonchev–Trinajstić information content (AvgIpc) is 2.47. The molecule has 1 atom stereocenters. The molecule has 1 unspecified atom stereocenters. The summed E-state index contributed by atoms with van der Waals surface area (Å²) >= 11 is 0. The normalized spacial score (nSPS) is 16.1. The Morgan fingerprint density at radius 2 is 2.14 bits per heavy atom. The fraction of sp³-hybridized carbons (Fsp3) is 0.533. The Morgan fingerprint density at radius 3 is 2.82 bits per heavy atom. The first kappa shape index (κ1) is 16.2. The lowest BCUT2D eigenvalue weighted by molar-refractivity contribution is -0.138. The van der Waals surface area contributed by atoms with Crippen LogP contribution in [0.15, 0.2) is 18.3 Å². The fourth-order valence-corrected chi connectivity index (χ4v) is 2.41. The minimum absolute atomic E-state index is 0.0171. The van der Waals surface area contributed by atoms with Gasteiger partial charge in [-0.2, -0.15) is 0 Å². The maximum Gasteiger partial charge on any atom is 0.303 e. The van der Waals surface area contributed by atoms with Crippen LogP contribution >= 0.6 is 0 Å². The van der Waals surface area contributed by atoms with Crippen molar-refractivity contribution in [3.05, 3.63) is 18.3 Å². The van der Waals surface area contributed by atoms with Crippen molar-refractivity contribution in [1.29, 1.82) is 0 Å². The molecule has 2 N–H and O–H groups in total. The maximum absolute atomic E-state index is 12.1. The summed E-state index contributed by atoms with van der Waals surface area (Å²) < 4.78 is 5.32. The Hall–Kier alpha value is -2.15. The lowest BCUT2D eigenvalue weighted by Gasteiger charge is -2.29. The number of nitrogens with one attached hydrogen (secondary N) is 1. The third-order valence-electron chi connectivity index (χ3n) is 3.43. The predicted molar refractivity (Wildman–Crippen MR) is 81.9 cm³/mol. The van der Waals surface area contributed by atoms with E-state index < -0.39 is 5.97 Å². The molecule has 1 aromatic rings. The first-order chi connectivity index (χ1) is 10.6. The van der Waals surface area contributed by atoms with Crippen LogP contribution in [0.4, 0.5) is 11.5 Å². The van der Waals surface area contributed by atoms with Crippen LogP contribution in [0.1, 0.15) is 19.8 Å². The number of carboxylic acids is 1. The molecular formula is C15H21N3O4. The number of pyridine rings is 1. The first-order valence-electron chi connectivity index (χ1n) is 7.35. The molecule has 0 bridgehead atoms. The Labute approximate surface area is 129 Å². The van der Waals surface area contributed by atoms with Crippen molar-refractivity contribution in [3.63, 3.8) is 0 Å². The van der Waals surface area contributed by atoms with Crippen LogP contribution in [-0.2, 0) is 14.3 Å². The minimum Gasteiger partial charge on any atom is -0.481 e. The number of hydrogen-bond donors (Lipinski definition) is 2. The zero-order valence-corrected chi connectivity index (χ0v) is 12.6. The predicted octanol–water partition coefficient (Wildman–Crippen LogP) is 1.36. The monoisotopic (exact) mass is 307 g/mol. The van der Waals surface area contributed by atoms with Crippen molar-refractivity contribution in [2.45, 2.75) is 19.8 Å². The second-order valence-electron chi connectivity index (χ2n) is 5.43. The van der Waals surface area contributed by atoms with E-state index in [1.54, 1.807) is 25.3 Å². The molecule has 0 radical (unpaired) electrons. The molecule has 1 aliphatic heterocycles. The molecule has 0 spiro atoms. The Morgan fingerprint density at radius 1 is 1.41 bits per heavy atom. The number of morpholine rings is 1. The Bertz CT molecular complexity index is 529. The number of ether oxygens (including phenoxy) is 1. The maximum atomic E-state index is 12.1. The number of rotatable bonds is 6. The molecule has 7 nitrogen and oxygen atoms in total. The van der Waals surface area contributed by atoms with E-state index in [2.05, 4.69) is 15.2 Å². The van der Waals surface area contributed by atoms with Gasteiger partial charge in [-0.15, -0.1) is 0 Å². The van der Waals surface area contributed by atoms with Gasteiger partial charge in [-0.3, -0.25) is 9.59 Å². The number of anilines is 2. The Kier molecular flexibility index (Phi) is 5.71. The zero-order chi connectivity index (χ0) is 15.9. The Balaban J connectivity index is 1.99. The van der Waals surface area contributed by atoms with Crippen LogP contribution in [0.2, 0.25) is 0 Å². The third-order valence-corrected chi connectivity index (χ3v) is 3.43. The van der Waals surface area contributed by atoms with Crippen molar-refractivity contribution in [2.24, 2.45) is 5.92 Å². The number of carbonyl (C=O) groups excluding carboxylic acids is 1. The standard InChI is InChI=1S/C15H21N3O4/c1-11(10-14(20)21)9-13(19)17-12-3-2-4-16-15(12)18-5-7-22-8-6-18/h2-4,11H,5-10H2,1H3,(H,17,19)(H,20,21). The number of amides is 1. The van der Waals surface area contributed by atoms with Gasteiger partial charge in [-0.1, -0.05) is 6.92 Å². The minimum atomic E-state index is -0.893. The largest absolute Gasteiger partial charge is 0.481 e. The summed E-state index contributed by atoms with van der Waals surface area (Å²) in [6.07, 6.45) is 1.84. The van der Waals surface area contributed by atoms with E-state index in [0.717, 1.165) is 18.9 Å². The smallest absolute Gasteiger partial charge is 0.303 e. The van der Waals surface area contributed by atoms with Crippen LogP contribution in [0.25, 0.3) is 0 Å². The highest BCUT2D eigenvalue weighted by atomic mass is 16.5. The lowest BCUT2D eigenvalue weighted by Crippen LogP contribution is -2.37. The molecule has 0 saturated carbocycles. The van der Waals surface area contributed by atoms with Gasteiger partial charge in [0.15, 0.2) is 5.82 Å². The van der Waals surface area contributed by atoms with E-state index in [4.69, 9.17) is 9.84 Å². The summed E-state index contributed by atoms with van der Waals surface area (Å²) in [5.41, 5.74) is 0.650. The molecule has 2 rings (SSSR count). The molecule has 1 amide bonds. The van der Waals surface area contributed by atoms with Gasteiger partial charge in [0, 0.05) is 32.1 Å². The summed E-state index contributed by atoms with van der Waals surface area (Å²) in [4.78, 5) is 29.1. The van der Waals surface area contributed by atoms with Gasteiger partial charge >= 0.3 is 5.97 Å². The topological polar surface area (TPSA) is 91.8 Å². The van der Waals surface area contributed by atoms with Gasteiger partial charge in [-0.05, 0) is 18.1 Å². The van der Waals surface area contributed by atoms with E-state index in [0.29, 0.717) is 18.9 Å². The van der Waals surface area contributed by atoms with Crippen LogP contribution in [-0.4, -0.2) is 48.3 Å². The zero-order valence-electron chi connectivity index (χ0n) is 12.6. The molecule has 0 aromatic carbocycles. The van der Waals surface area contributed by atoms with Gasteiger partial charge in [0.1, 0.15) is 0 Å². The van der Waals surface area contributed by atoms with Gasteiger partial charge in [0.05, 0.1) is 18.9 Å². The lowest BCUT2D eigenvalue weighted by atomic mass is 10.0. The molecule has 2 heterocycles. The van der Waals surface area contributed by atoms with Crippen LogP contribution in [0.3, 0.4) is 0 Å². The fourth-order valence-electron chi connectivity index (χ4n) is 2.41. The van der Waals surface area contributed by atoms with Crippen molar-refractivity contribution in [2.75, 3.05) is 36.5 Å². The van der Waals surface area contributed by atoms with E-state index in [9.17, 15) is 9.59 Å². The quantitative estimate of drug-likeness (QED) is 0.824. The highest BCUT2D eigenvalue weighted by molar-refractivity contribution is 5.93. The number of carboxylic acid groups (broad SMARTS) is 1. The summed E-state index contributed by atoms with van der Waals surface area (Å²) in [7, 11) is 0. The van der Waals surface area contributed by atoms with Crippen molar-refractivity contribution < 1.29 is 19.4 Å². The first-order valence-corrected chi connectivity index (χ1v) is 7.35. The van der Waals surface area contributed by atoms with Gasteiger partial charge in [-0.25, -0.2) is 4.98 Å². The van der Waals surface area contributed by atoms with Crippen LogP contribution in [0.5, 0.6) is 0 Å². The number of hydrogen-bond acceptors (Lipinski definition) is 5. The van der Waals surface area contributed by atoms with E-state index in [-0.39, 0.29) is 24.7 Å². The van der Waals surface area contributed by atoms with Crippen LogP contribution < -0.4 is 10.2 Å². The van der Waals surface area contributed by atoms with E-state index >= 15 is 0 Å². The second kappa shape index (κ2) is 7.74. The third kappa shape index (κ3) is 4.70. The number of nitrogens with zero attached hydrogens (tertiary/aromatic N) is 2. The summed E-state index contributed by atoms with van der Waals surface area (Å²) in [6.45, 7) is 4.49. The number of aliphatic carboxylic acids is 1. The highest BCUT2D eigenvalue weighted by Gasteiger charge is 2.18. The molecular weight excluding hydrogens is 286 g/mol. The van der Waals surface area contributed by atoms with E-state index in [1.807, 2.05) is 0 Å². The molecule has 1 aliphatic rings.